The van der Waals surface area contributed by atoms with Gasteiger partial charge in [-0.05, 0) is 42.7 Å². The van der Waals surface area contributed by atoms with Crippen LogP contribution >= 0.6 is 0 Å². The summed E-state index contributed by atoms with van der Waals surface area (Å²) in [6, 6.07) is 16.6. The van der Waals surface area contributed by atoms with E-state index in [9.17, 15) is 0 Å². The molecule has 2 N–H and O–H groups in total. The Bertz CT molecular complexity index is 767. The lowest BCUT2D eigenvalue weighted by molar-refractivity contribution is 0.392. The van der Waals surface area contributed by atoms with Gasteiger partial charge in [0.2, 0.25) is 0 Å². The molecule has 3 nitrogen and oxygen atoms in total. The van der Waals surface area contributed by atoms with Crippen molar-refractivity contribution >= 4 is 16.7 Å². The predicted molar refractivity (Wildman–Crippen MR) is 86.3 cm³/mol. The number of imidazole rings is 1. The minimum Gasteiger partial charge on any atom is -0.399 e. The zero-order valence-electron chi connectivity index (χ0n) is 12.0. The first-order valence-corrected chi connectivity index (χ1v) is 7.61. The second-order valence-electron chi connectivity index (χ2n) is 5.91. The average molecular weight is 277 g/mol. The number of anilines is 1. The number of para-hydroxylation sites is 2. The zero-order valence-corrected chi connectivity index (χ0v) is 12.0. The summed E-state index contributed by atoms with van der Waals surface area (Å²) < 4.78 is 2.38. The molecule has 1 aromatic heterocycles. The van der Waals surface area contributed by atoms with Crippen molar-refractivity contribution in [2.75, 3.05) is 5.73 Å². The lowest BCUT2D eigenvalue weighted by Crippen LogP contribution is -2.16. The van der Waals surface area contributed by atoms with Crippen molar-refractivity contribution in [2.45, 2.75) is 31.7 Å². The van der Waals surface area contributed by atoms with E-state index in [0.29, 0.717) is 5.92 Å². The van der Waals surface area contributed by atoms with Gasteiger partial charge in [-0.25, -0.2) is 4.98 Å². The first-order chi connectivity index (χ1) is 10.3. The lowest BCUT2D eigenvalue weighted by Gasteiger charge is -2.25. The third-order valence-corrected chi connectivity index (χ3v) is 4.47. The van der Waals surface area contributed by atoms with Crippen molar-refractivity contribution in [3.8, 4) is 0 Å². The maximum atomic E-state index is 5.78. The normalized spacial score (nSPS) is 15.2. The molecule has 0 saturated heterocycles. The standard InChI is InChI=1S/C18H19N3/c19-15-10-8-13(9-11-15)12-21-17-7-2-1-6-16(17)20-18(21)14-4-3-5-14/h1-2,6-11,14H,3-5,12,19H2. The summed E-state index contributed by atoms with van der Waals surface area (Å²) in [5, 5.41) is 0. The number of hydrogen-bond donors (Lipinski definition) is 1. The Labute approximate surface area is 124 Å². The molecule has 0 amide bonds. The Balaban J connectivity index is 1.79. The van der Waals surface area contributed by atoms with E-state index in [4.69, 9.17) is 10.7 Å². The molecule has 4 rings (SSSR count). The molecule has 0 aliphatic heterocycles. The molecular weight excluding hydrogens is 258 g/mol. The molecule has 0 bridgehead atoms. The molecule has 2 aromatic carbocycles. The number of benzene rings is 2. The van der Waals surface area contributed by atoms with Crippen molar-refractivity contribution in [3.63, 3.8) is 0 Å². The topological polar surface area (TPSA) is 43.8 Å². The number of rotatable bonds is 3. The van der Waals surface area contributed by atoms with Gasteiger partial charge in [-0.2, -0.15) is 0 Å². The van der Waals surface area contributed by atoms with Gasteiger partial charge in [0, 0.05) is 18.2 Å². The van der Waals surface area contributed by atoms with Crippen LogP contribution in [0.15, 0.2) is 48.5 Å². The fourth-order valence-electron chi connectivity index (χ4n) is 3.04. The predicted octanol–water partition coefficient (Wildman–Crippen LogP) is 3.93. The van der Waals surface area contributed by atoms with Crippen LogP contribution in [0.5, 0.6) is 0 Å². The number of nitrogens with two attached hydrogens (primary N) is 1. The summed E-state index contributed by atoms with van der Waals surface area (Å²) in [5.74, 6) is 1.88. The van der Waals surface area contributed by atoms with Crippen LogP contribution in [0.1, 0.15) is 36.6 Å². The number of aromatic nitrogens is 2. The van der Waals surface area contributed by atoms with Gasteiger partial charge in [0.15, 0.2) is 0 Å². The SMILES string of the molecule is Nc1ccc(Cn2c(C3CCC3)nc3ccccc32)cc1. The molecule has 3 aromatic rings. The molecular formula is C18H19N3. The molecule has 106 valence electrons. The molecule has 1 aliphatic rings. The van der Waals surface area contributed by atoms with Crippen LogP contribution in [-0.4, -0.2) is 9.55 Å². The van der Waals surface area contributed by atoms with Crippen molar-refractivity contribution in [3.05, 3.63) is 59.9 Å². The summed E-state index contributed by atoms with van der Waals surface area (Å²) in [4.78, 5) is 4.89. The number of nitrogen functional groups attached to an aromatic ring is 1. The number of nitrogens with zero attached hydrogens (tertiary/aromatic N) is 2. The molecule has 0 atom stereocenters. The largest absolute Gasteiger partial charge is 0.399 e. The van der Waals surface area contributed by atoms with E-state index >= 15 is 0 Å². The molecule has 1 aliphatic carbocycles. The summed E-state index contributed by atoms with van der Waals surface area (Å²) in [5.41, 5.74) is 10.2. The maximum Gasteiger partial charge on any atom is 0.113 e. The third kappa shape index (κ3) is 2.19. The van der Waals surface area contributed by atoms with Gasteiger partial charge in [0.25, 0.3) is 0 Å². The summed E-state index contributed by atoms with van der Waals surface area (Å²) in [6.07, 6.45) is 3.87. The van der Waals surface area contributed by atoms with Crippen molar-refractivity contribution in [1.82, 2.24) is 9.55 Å². The highest BCUT2D eigenvalue weighted by Gasteiger charge is 2.25. The Morgan fingerprint density at radius 3 is 2.52 bits per heavy atom. The van der Waals surface area contributed by atoms with E-state index in [1.54, 1.807) is 0 Å². The van der Waals surface area contributed by atoms with E-state index < -0.39 is 0 Å². The average Bonchev–Trinajstić information content (AvgIpc) is 2.78. The number of hydrogen-bond acceptors (Lipinski definition) is 2. The Kier molecular flexibility index (Phi) is 2.92. The zero-order chi connectivity index (χ0) is 14.2. The van der Waals surface area contributed by atoms with Crippen molar-refractivity contribution < 1.29 is 0 Å². The molecule has 0 radical (unpaired) electrons. The van der Waals surface area contributed by atoms with Crippen LogP contribution in [0, 0.1) is 0 Å². The smallest absolute Gasteiger partial charge is 0.113 e. The van der Waals surface area contributed by atoms with Gasteiger partial charge in [-0.3, -0.25) is 0 Å². The molecule has 21 heavy (non-hydrogen) atoms. The van der Waals surface area contributed by atoms with Gasteiger partial charge < -0.3 is 10.3 Å². The van der Waals surface area contributed by atoms with Gasteiger partial charge >= 0.3 is 0 Å². The molecule has 1 saturated carbocycles. The van der Waals surface area contributed by atoms with Gasteiger partial charge in [-0.1, -0.05) is 30.7 Å². The van der Waals surface area contributed by atoms with E-state index in [0.717, 1.165) is 17.7 Å². The molecule has 0 spiro atoms. The van der Waals surface area contributed by atoms with Crippen LogP contribution in [0.4, 0.5) is 5.69 Å². The van der Waals surface area contributed by atoms with Gasteiger partial charge in [0.05, 0.1) is 11.0 Å². The third-order valence-electron chi connectivity index (χ3n) is 4.47. The lowest BCUT2D eigenvalue weighted by atomic mass is 9.85. The Morgan fingerprint density at radius 1 is 1.05 bits per heavy atom. The minimum atomic E-state index is 0.631. The van der Waals surface area contributed by atoms with Crippen LogP contribution in [0.2, 0.25) is 0 Å². The van der Waals surface area contributed by atoms with E-state index in [1.165, 1.54) is 36.2 Å². The second kappa shape index (κ2) is 4.92. The highest BCUT2D eigenvalue weighted by atomic mass is 15.1. The number of fused-ring (bicyclic) bond motifs is 1. The second-order valence-corrected chi connectivity index (χ2v) is 5.91. The van der Waals surface area contributed by atoms with Crippen molar-refractivity contribution in [2.24, 2.45) is 0 Å². The highest BCUT2D eigenvalue weighted by Crippen LogP contribution is 2.37. The summed E-state index contributed by atoms with van der Waals surface area (Å²) in [6.45, 7) is 0.868. The molecule has 3 heteroatoms. The fourth-order valence-corrected chi connectivity index (χ4v) is 3.04. The molecule has 1 heterocycles. The molecule has 0 unspecified atom stereocenters. The quantitative estimate of drug-likeness (QED) is 0.737. The van der Waals surface area contributed by atoms with Gasteiger partial charge in [0.1, 0.15) is 5.82 Å². The van der Waals surface area contributed by atoms with E-state index in [2.05, 4.69) is 41.0 Å². The van der Waals surface area contributed by atoms with Crippen LogP contribution in [-0.2, 0) is 6.54 Å². The first kappa shape index (κ1) is 12.5. The first-order valence-electron chi connectivity index (χ1n) is 7.61. The Morgan fingerprint density at radius 2 is 1.81 bits per heavy atom. The van der Waals surface area contributed by atoms with E-state index in [-0.39, 0.29) is 0 Å². The highest BCUT2D eigenvalue weighted by molar-refractivity contribution is 5.76. The summed E-state index contributed by atoms with van der Waals surface area (Å²) in [7, 11) is 0. The monoisotopic (exact) mass is 277 g/mol. The van der Waals surface area contributed by atoms with Crippen molar-refractivity contribution in [1.29, 1.82) is 0 Å². The van der Waals surface area contributed by atoms with Crippen LogP contribution in [0.3, 0.4) is 0 Å². The maximum absolute atomic E-state index is 5.78. The summed E-state index contributed by atoms with van der Waals surface area (Å²) >= 11 is 0. The van der Waals surface area contributed by atoms with Crippen LogP contribution < -0.4 is 5.73 Å². The molecule has 1 fully saturated rings. The minimum absolute atomic E-state index is 0.631. The van der Waals surface area contributed by atoms with Gasteiger partial charge in [-0.15, -0.1) is 0 Å². The van der Waals surface area contributed by atoms with Crippen LogP contribution in [0.25, 0.3) is 11.0 Å². The van der Waals surface area contributed by atoms with E-state index in [1.807, 2.05) is 12.1 Å². The fraction of sp³-hybridized carbons (Fsp3) is 0.278. The Hall–Kier alpha value is -2.29.